The summed E-state index contributed by atoms with van der Waals surface area (Å²) in [6, 6.07) is 9.56. The number of aliphatic hydroxyl groups excluding tert-OH is 1. The van der Waals surface area contributed by atoms with Gasteiger partial charge in [0.05, 0.1) is 38.0 Å². The number of hydrogen-bond donors (Lipinski definition) is 1. The van der Waals surface area contributed by atoms with Crippen molar-refractivity contribution in [2.45, 2.75) is 19.9 Å². The van der Waals surface area contributed by atoms with E-state index in [2.05, 4.69) is 4.90 Å². The minimum atomic E-state index is -0.842. The molecule has 2 heterocycles. The quantitative estimate of drug-likeness (QED) is 0.322. The Morgan fingerprint density at radius 3 is 2.33 bits per heavy atom. The van der Waals surface area contributed by atoms with E-state index in [1.807, 2.05) is 13.8 Å². The normalized spacial score (nSPS) is 20.1. The Morgan fingerprint density at radius 2 is 1.67 bits per heavy atom. The molecule has 2 saturated heterocycles. The highest BCUT2D eigenvalue weighted by Gasteiger charge is 2.46. The highest BCUT2D eigenvalue weighted by Crippen LogP contribution is 2.42. The van der Waals surface area contributed by atoms with Crippen molar-refractivity contribution in [3.63, 3.8) is 0 Å². The van der Waals surface area contributed by atoms with Crippen LogP contribution in [0.5, 0.6) is 11.5 Å². The molecule has 2 aliphatic heterocycles. The SMILES string of the molecule is CCOc1ccc([C@H]2/C(=C(\O)c3ccc(F)cc3)C(=O)C(=O)N2CCN2CCOCC2)cc1OCC. The van der Waals surface area contributed by atoms with Gasteiger partial charge in [0, 0.05) is 31.7 Å². The van der Waals surface area contributed by atoms with Crippen LogP contribution in [0.3, 0.4) is 0 Å². The molecule has 2 aliphatic rings. The first-order chi connectivity index (χ1) is 17.4. The lowest BCUT2D eigenvalue weighted by atomic mass is 9.95. The van der Waals surface area contributed by atoms with Crippen LogP contribution < -0.4 is 9.47 Å². The molecule has 36 heavy (non-hydrogen) atoms. The largest absolute Gasteiger partial charge is 0.507 e. The van der Waals surface area contributed by atoms with E-state index in [0.29, 0.717) is 50.0 Å². The fourth-order valence-electron chi connectivity index (χ4n) is 4.53. The number of likely N-dealkylation sites (tertiary alicyclic amines) is 1. The summed E-state index contributed by atoms with van der Waals surface area (Å²) >= 11 is 0. The predicted octanol–water partition coefficient (Wildman–Crippen LogP) is 3.38. The molecule has 8 nitrogen and oxygen atoms in total. The van der Waals surface area contributed by atoms with Crippen LogP contribution in [-0.4, -0.2) is 79.2 Å². The molecule has 0 unspecified atom stereocenters. The van der Waals surface area contributed by atoms with Crippen LogP contribution in [-0.2, 0) is 14.3 Å². The molecule has 0 aliphatic carbocycles. The number of halogens is 1. The molecule has 2 aromatic carbocycles. The van der Waals surface area contributed by atoms with E-state index in [9.17, 15) is 19.1 Å². The van der Waals surface area contributed by atoms with Gasteiger partial charge >= 0.3 is 0 Å². The van der Waals surface area contributed by atoms with Crippen molar-refractivity contribution in [1.82, 2.24) is 9.80 Å². The highest BCUT2D eigenvalue weighted by molar-refractivity contribution is 6.46. The second kappa shape index (κ2) is 11.5. The first-order valence-electron chi connectivity index (χ1n) is 12.2. The minimum Gasteiger partial charge on any atom is -0.507 e. The fourth-order valence-corrected chi connectivity index (χ4v) is 4.53. The van der Waals surface area contributed by atoms with Crippen molar-refractivity contribution in [3.8, 4) is 11.5 Å². The van der Waals surface area contributed by atoms with Crippen LogP contribution in [0, 0.1) is 5.82 Å². The van der Waals surface area contributed by atoms with Gasteiger partial charge in [-0.2, -0.15) is 0 Å². The Bertz CT molecular complexity index is 1130. The lowest BCUT2D eigenvalue weighted by molar-refractivity contribution is -0.140. The van der Waals surface area contributed by atoms with Crippen molar-refractivity contribution in [3.05, 3.63) is 65.0 Å². The lowest BCUT2D eigenvalue weighted by Gasteiger charge is -2.31. The van der Waals surface area contributed by atoms with Crippen molar-refractivity contribution < 1.29 is 33.3 Å². The van der Waals surface area contributed by atoms with Crippen LogP contribution in [0.1, 0.15) is 31.0 Å². The average Bonchev–Trinajstić information content (AvgIpc) is 3.14. The van der Waals surface area contributed by atoms with Crippen LogP contribution in [0.4, 0.5) is 4.39 Å². The third kappa shape index (κ3) is 5.37. The van der Waals surface area contributed by atoms with Gasteiger partial charge in [-0.1, -0.05) is 6.07 Å². The summed E-state index contributed by atoms with van der Waals surface area (Å²) in [6.45, 7) is 8.11. The summed E-state index contributed by atoms with van der Waals surface area (Å²) < 4.78 is 30.3. The van der Waals surface area contributed by atoms with Crippen molar-refractivity contribution in [1.29, 1.82) is 0 Å². The molecule has 0 radical (unpaired) electrons. The number of ether oxygens (including phenoxy) is 3. The van der Waals surface area contributed by atoms with Crippen LogP contribution in [0.25, 0.3) is 5.76 Å². The summed E-state index contributed by atoms with van der Waals surface area (Å²) in [5, 5.41) is 11.2. The Kier molecular flexibility index (Phi) is 8.22. The number of Topliss-reactive ketones (excluding diaryl/α,β-unsaturated/α-hetero) is 1. The Hall–Kier alpha value is -3.43. The zero-order valence-corrected chi connectivity index (χ0v) is 20.5. The summed E-state index contributed by atoms with van der Waals surface area (Å²) in [5.74, 6) is -1.26. The molecule has 1 N–H and O–H groups in total. The topological polar surface area (TPSA) is 88.5 Å². The molecule has 0 spiro atoms. The summed E-state index contributed by atoms with van der Waals surface area (Å²) in [4.78, 5) is 30.1. The van der Waals surface area contributed by atoms with E-state index < -0.39 is 23.5 Å². The fraction of sp³-hybridized carbons (Fsp3) is 0.407. The zero-order valence-electron chi connectivity index (χ0n) is 20.5. The number of carbonyl (C=O) groups is 2. The monoisotopic (exact) mass is 498 g/mol. The Labute approximate surface area is 209 Å². The van der Waals surface area contributed by atoms with Gasteiger partial charge in [-0.15, -0.1) is 0 Å². The molecule has 1 amide bonds. The molecule has 4 rings (SSSR count). The van der Waals surface area contributed by atoms with Gasteiger partial charge < -0.3 is 24.2 Å². The summed E-state index contributed by atoms with van der Waals surface area (Å²) in [6.07, 6.45) is 0. The van der Waals surface area contributed by atoms with E-state index in [-0.39, 0.29) is 23.4 Å². The lowest BCUT2D eigenvalue weighted by Crippen LogP contribution is -2.42. The molecule has 192 valence electrons. The smallest absolute Gasteiger partial charge is 0.295 e. The van der Waals surface area contributed by atoms with Crippen LogP contribution >= 0.6 is 0 Å². The van der Waals surface area contributed by atoms with Crippen molar-refractivity contribution in [2.75, 3.05) is 52.6 Å². The number of ketones is 1. The molecule has 0 bridgehead atoms. The molecular formula is C27H31FN2O6. The first-order valence-corrected chi connectivity index (χ1v) is 12.2. The molecule has 2 fully saturated rings. The number of amides is 1. The second-order valence-corrected chi connectivity index (χ2v) is 8.53. The number of hydrogen-bond acceptors (Lipinski definition) is 7. The Morgan fingerprint density at radius 1 is 1.00 bits per heavy atom. The molecule has 1 atom stereocenters. The maximum Gasteiger partial charge on any atom is 0.295 e. The third-order valence-corrected chi connectivity index (χ3v) is 6.30. The number of carbonyl (C=O) groups excluding carboxylic acids is 2. The minimum absolute atomic E-state index is 0.0415. The zero-order chi connectivity index (χ0) is 25.7. The van der Waals surface area contributed by atoms with Gasteiger partial charge in [0.15, 0.2) is 11.5 Å². The summed E-state index contributed by atoms with van der Waals surface area (Å²) in [7, 11) is 0. The van der Waals surface area contributed by atoms with Gasteiger partial charge in [0.25, 0.3) is 11.7 Å². The number of aliphatic hydroxyl groups is 1. The molecule has 2 aromatic rings. The average molecular weight is 499 g/mol. The van der Waals surface area contributed by atoms with Gasteiger partial charge in [-0.25, -0.2) is 4.39 Å². The van der Waals surface area contributed by atoms with Gasteiger partial charge in [-0.3, -0.25) is 14.5 Å². The van der Waals surface area contributed by atoms with Gasteiger partial charge in [-0.05, 0) is 55.8 Å². The van der Waals surface area contributed by atoms with E-state index in [1.54, 1.807) is 18.2 Å². The van der Waals surface area contributed by atoms with E-state index in [4.69, 9.17) is 14.2 Å². The van der Waals surface area contributed by atoms with Gasteiger partial charge in [0.2, 0.25) is 0 Å². The maximum atomic E-state index is 13.5. The number of nitrogens with zero attached hydrogens (tertiary/aromatic N) is 2. The first kappa shape index (κ1) is 25.7. The molecular weight excluding hydrogens is 467 g/mol. The van der Waals surface area contributed by atoms with Crippen molar-refractivity contribution in [2.24, 2.45) is 0 Å². The van der Waals surface area contributed by atoms with Crippen molar-refractivity contribution >= 4 is 17.4 Å². The van der Waals surface area contributed by atoms with Gasteiger partial charge in [0.1, 0.15) is 11.6 Å². The molecule has 0 aromatic heterocycles. The van der Waals surface area contributed by atoms with E-state index in [0.717, 1.165) is 13.1 Å². The summed E-state index contributed by atoms with van der Waals surface area (Å²) in [5.41, 5.74) is 0.815. The molecule has 0 saturated carbocycles. The van der Waals surface area contributed by atoms with Crippen LogP contribution in [0.2, 0.25) is 0 Å². The Balaban J connectivity index is 1.77. The molecule has 9 heteroatoms. The standard InChI is InChI=1S/C27H31FN2O6/c1-3-35-21-10-7-19(17-22(21)36-4-2)24-23(25(31)18-5-8-20(28)9-6-18)26(32)27(33)30(24)12-11-29-13-15-34-16-14-29/h5-10,17,24,31H,3-4,11-16H2,1-2H3/b25-23+/t24-/m0/s1. The number of morpholine rings is 1. The number of benzene rings is 2. The van der Waals surface area contributed by atoms with E-state index >= 15 is 0 Å². The van der Waals surface area contributed by atoms with Crippen LogP contribution in [0.15, 0.2) is 48.0 Å². The van der Waals surface area contributed by atoms with E-state index in [1.165, 1.54) is 29.2 Å². The number of rotatable bonds is 9. The second-order valence-electron chi connectivity index (χ2n) is 8.53. The maximum absolute atomic E-state index is 13.5. The highest BCUT2D eigenvalue weighted by atomic mass is 19.1. The predicted molar refractivity (Wildman–Crippen MR) is 131 cm³/mol. The third-order valence-electron chi connectivity index (χ3n) is 6.30.